The number of carbonyl (C=O) groups excluding carboxylic acids is 2. The van der Waals surface area contributed by atoms with Gasteiger partial charge in [0.05, 0.1) is 10.9 Å². The van der Waals surface area contributed by atoms with E-state index in [0.29, 0.717) is 0 Å². The van der Waals surface area contributed by atoms with E-state index in [4.69, 9.17) is 5.84 Å². The van der Waals surface area contributed by atoms with Crippen molar-refractivity contribution in [2.24, 2.45) is 5.84 Å². The van der Waals surface area contributed by atoms with Gasteiger partial charge in [0, 0.05) is 6.07 Å². The van der Waals surface area contributed by atoms with E-state index in [9.17, 15) is 29.8 Å². The highest BCUT2D eigenvalue weighted by molar-refractivity contribution is 6.03. The lowest BCUT2D eigenvalue weighted by molar-refractivity contribution is 0.0905. The minimum absolute atomic E-state index is 0.207. The lowest BCUT2D eigenvalue weighted by Gasteiger charge is -2.12. The van der Waals surface area contributed by atoms with Crippen LogP contribution in [-0.2, 0) is 4.79 Å². The van der Waals surface area contributed by atoms with Crippen LogP contribution < -0.4 is 16.7 Å². The van der Waals surface area contributed by atoms with E-state index in [1.165, 1.54) is 6.29 Å². The van der Waals surface area contributed by atoms with Crippen molar-refractivity contribution in [1.29, 1.82) is 0 Å². The molecule has 0 fully saturated rings. The molecule has 9 heteroatoms. The fourth-order valence-electron chi connectivity index (χ4n) is 1.76. The predicted molar refractivity (Wildman–Crippen MR) is 65.2 cm³/mol. The van der Waals surface area contributed by atoms with E-state index in [1.807, 2.05) is 0 Å². The molecule has 0 aliphatic carbocycles. The topological polar surface area (TPSA) is 155 Å². The van der Waals surface area contributed by atoms with Gasteiger partial charge in [-0.05, 0) is 6.07 Å². The Morgan fingerprint density at radius 3 is 2.45 bits per heavy atom. The van der Waals surface area contributed by atoms with Gasteiger partial charge in [0.1, 0.15) is 5.56 Å². The summed E-state index contributed by atoms with van der Waals surface area (Å²) < 4.78 is 0.207. The second-order valence-corrected chi connectivity index (χ2v) is 3.80. The lowest BCUT2D eigenvalue weighted by Crippen LogP contribution is -2.35. The van der Waals surface area contributed by atoms with Crippen molar-refractivity contribution in [1.82, 2.24) is 10.2 Å². The van der Waals surface area contributed by atoms with Gasteiger partial charge in [-0.15, -0.1) is 0 Å². The number of nitrogens with one attached hydrogen (secondary N) is 1. The van der Waals surface area contributed by atoms with Gasteiger partial charge in [0.25, 0.3) is 5.91 Å². The Labute approximate surface area is 110 Å². The van der Waals surface area contributed by atoms with Gasteiger partial charge in [-0.3, -0.25) is 19.8 Å². The molecular formula is C11H8N3O6. The molecule has 0 aliphatic rings. The maximum absolute atomic E-state index is 12.0. The smallest absolute Gasteiger partial charge is 0.286 e. The Morgan fingerprint density at radius 1 is 1.30 bits per heavy atom. The molecule has 1 aromatic carbocycles. The second-order valence-electron chi connectivity index (χ2n) is 3.80. The molecule has 20 heavy (non-hydrogen) atoms. The number of hydrogen-bond donors (Lipinski definition) is 5. The quantitative estimate of drug-likeness (QED) is 0.150. The van der Waals surface area contributed by atoms with E-state index in [-0.39, 0.29) is 15.6 Å². The Morgan fingerprint density at radius 2 is 1.90 bits per heavy atom. The molecular weight excluding hydrogens is 270 g/mol. The SMILES string of the molecule is NNC(=O)c1c([C]=O)c(=O)c2cc(O)c(O)cc2n1O. The summed E-state index contributed by atoms with van der Waals surface area (Å²) in [4.78, 5) is 34.4. The summed E-state index contributed by atoms with van der Waals surface area (Å²) in [7, 11) is 0. The number of phenols is 2. The van der Waals surface area contributed by atoms with Crippen LogP contribution in [0.5, 0.6) is 11.5 Å². The number of phenolic OH excluding ortho intramolecular Hbond substituents is 2. The lowest BCUT2D eigenvalue weighted by atomic mass is 10.1. The van der Waals surface area contributed by atoms with E-state index in [2.05, 4.69) is 0 Å². The highest BCUT2D eigenvalue weighted by Crippen LogP contribution is 2.29. The maximum atomic E-state index is 12.0. The molecule has 1 amide bonds. The van der Waals surface area contributed by atoms with Crippen LogP contribution in [0.1, 0.15) is 16.1 Å². The van der Waals surface area contributed by atoms with Gasteiger partial charge in [0.2, 0.25) is 11.7 Å². The zero-order valence-corrected chi connectivity index (χ0v) is 9.75. The summed E-state index contributed by atoms with van der Waals surface area (Å²) in [6, 6.07) is 1.71. The molecule has 2 rings (SSSR count). The van der Waals surface area contributed by atoms with E-state index in [1.54, 1.807) is 5.43 Å². The minimum Gasteiger partial charge on any atom is -0.504 e. The van der Waals surface area contributed by atoms with Crippen molar-refractivity contribution in [3.05, 3.63) is 33.6 Å². The number of nitrogens with two attached hydrogens (primary N) is 1. The molecule has 6 N–H and O–H groups in total. The van der Waals surface area contributed by atoms with E-state index in [0.717, 1.165) is 12.1 Å². The van der Waals surface area contributed by atoms with Crippen LogP contribution >= 0.6 is 0 Å². The zero-order valence-electron chi connectivity index (χ0n) is 9.75. The summed E-state index contributed by atoms with van der Waals surface area (Å²) in [5, 5.41) is 28.3. The van der Waals surface area contributed by atoms with Crippen LogP contribution in [0.2, 0.25) is 0 Å². The highest BCUT2D eigenvalue weighted by atomic mass is 16.5. The number of amides is 1. The molecule has 1 radical (unpaired) electrons. The van der Waals surface area contributed by atoms with Gasteiger partial charge >= 0.3 is 0 Å². The number of rotatable bonds is 2. The number of benzene rings is 1. The van der Waals surface area contributed by atoms with Gasteiger partial charge in [0.15, 0.2) is 17.2 Å². The largest absolute Gasteiger partial charge is 0.504 e. The molecule has 0 bridgehead atoms. The number of hydrazine groups is 1. The van der Waals surface area contributed by atoms with Crippen molar-refractivity contribution in [3.8, 4) is 11.5 Å². The fourth-order valence-corrected chi connectivity index (χ4v) is 1.76. The molecule has 1 aromatic heterocycles. The highest BCUT2D eigenvalue weighted by Gasteiger charge is 2.23. The van der Waals surface area contributed by atoms with E-state index >= 15 is 0 Å². The summed E-state index contributed by atoms with van der Waals surface area (Å²) in [6.07, 6.45) is 1.24. The van der Waals surface area contributed by atoms with Crippen molar-refractivity contribution < 1.29 is 25.0 Å². The summed E-state index contributed by atoms with van der Waals surface area (Å²) >= 11 is 0. The van der Waals surface area contributed by atoms with Crippen molar-refractivity contribution in [2.75, 3.05) is 0 Å². The Balaban J connectivity index is 3.06. The number of carbonyl (C=O) groups is 1. The van der Waals surface area contributed by atoms with Crippen LogP contribution in [-0.4, -0.2) is 32.3 Å². The summed E-state index contributed by atoms with van der Waals surface area (Å²) in [5.41, 5.74) is -1.06. The Kier molecular flexibility index (Phi) is 3.04. The number of nitrogen functional groups attached to an aromatic ring is 1. The number of fused-ring (bicyclic) bond motifs is 1. The monoisotopic (exact) mass is 278 g/mol. The molecule has 0 saturated carbocycles. The number of pyridine rings is 1. The third-order valence-corrected chi connectivity index (χ3v) is 2.69. The standard InChI is InChI=1S/C11H8N3O6/c12-13-11(19)9-5(3-15)10(18)4-1-7(16)8(17)2-6(4)14(9)20/h1-2,16-17,20H,12H2,(H,13,19). The Hall–Kier alpha value is -3.07. The maximum Gasteiger partial charge on any atom is 0.286 e. The van der Waals surface area contributed by atoms with Crippen molar-refractivity contribution >= 4 is 23.1 Å². The number of aromatic hydroxyl groups is 2. The first kappa shape index (κ1) is 13.4. The normalized spacial score (nSPS) is 10.4. The first-order valence-corrected chi connectivity index (χ1v) is 5.15. The first-order valence-electron chi connectivity index (χ1n) is 5.15. The number of hydrogen-bond acceptors (Lipinski definition) is 7. The third kappa shape index (κ3) is 1.73. The minimum atomic E-state index is -1.10. The van der Waals surface area contributed by atoms with Crippen LogP contribution in [0.3, 0.4) is 0 Å². The molecule has 9 nitrogen and oxygen atoms in total. The summed E-state index contributed by atoms with van der Waals surface area (Å²) in [6.45, 7) is 0. The van der Waals surface area contributed by atoms with Gasteiger partial charge in [-0.1, -0.05) is 0 Å². The fraction of sp³-hybridized carbons (Fsp3) is 0. The number of aromatic nitrogens is 1. The Bertz CT molecular complexity index is 795. The molecule has 0 unspecified atom stereocenters. The molecule has 1 heterocycles. The van der Waals surface area contributed by atoms with Gasteiger partial charge in [-0.2, -0.15) is 4.73 Å². The molecule has 2 aromatic rings. The molecule has 0 aliphatic heterocycles. The van der Waals surface area contributed by atoms with Gasteiger partial charge in [-0.25, -0.2) is 5.84 Å². The predicted octanol–water partition coefficient (Wildman–Crippen LogP) is -1.29. The second kappa shape index (κ2) is 4.55. The third-order valence-electron chi connectivity index (χ3n) is 2.69. The number of nitrogens with zero attached hydrogens (tertiary/aromatic N) is 1. The molecule has 103 valence electrons. The summed E-state index contributed by atoms with van der Waals surface area (Å²) in [5.74, 6) is 2.55. The van der Waals surface area contributed by atoms with Crippen LogP contribution in [0.4, 0.5) is 0 Å². The van der Waals surface area contributed by atoms with E-state index < -0.39 is 34.1 Å². The first-order chi connectivity index (χ1) is 9.42. The molecule has 0 saturated heterocycles. The van der Waals surface area contributed by atoms with Crippen molar-refractivity contribution in [3.63, 3.8) is 0 Å². The average molecular weight is 278 g/mol. The van der Waals surface area contributed by atoms with Crippen LogP contribution in [0.25, 0.3) is 10.9 Å². The average Bonchev–Trinajstić information content (AvgIpc) is 2.43. The molecule has 0 spiro atoms. The van der Waals surface area contributed by atoms with Crippen LogP contribution in [0.15, 0.2) is 16.9 Å². The molecule has 0 atom stereocenters. The van der Waals surface area contributed by atoms with Crippen molar-refractivity contribution in [2.45, 2.75) is 0 Å². The van der Waals surface area contributed by atoms with Crippen LogP contribution in [0, 0.1) is 0 Å². The van der Waals surface area contributed by atoms with Gasteiger partial charge < -0.3 is 15.4 Å². The zero-order chi connectivity index (χ0) is 15.0.